The van der Waals surface area contributed by atoms with Gasteiger partial charge in [0.25, 0.3) is 0 Å². The zero-order valence-electron chi connectivity index (χ0n) is 4.66. The lowest BCUT2D eigenvalue weighted by molar-refractivity contribution is 0.193. The van der Waals surface area contributed by atoms with Crippen molar-refractivity contribution in [1.29, 1.82) is 0 Å². The van der Waals surface area contributed by atoms with E-state index in [9.17, 15) is 0 Å². The Morgan fingerprint density at radius 1 is 1.44 bits per heavy atom. The molecule has 0 aromatic carbocycles. The minimum absolute atomic E-state index is 0.833. The highest BCUT2D eigenvalue weighted by Gasteiger charge is 1.63. The zero-order chi connectivity index (χ0) is 7.86. The van der Waals surface area contributed by atoms with Crippen LogP contribution in [-0.2, 0) is 0 Å². The Kier molecular flexibility index (Phi) is 7.37. The topological polar surface area (TPSA) is 110 Å². The monoisotopic (exact) mass is 132 g/mol. The fourth-order valence-corrected chi connectivity index (χ4v) is 0. The van der Waals surface area contributed by atoms with E-state index in [1.54, 1.807) is 5.73 Å². The van der Waals surface area contributed by atoms with E-state index in [4.69, 9.17) is 15.0 Å². The second-order valence-corrected chi connectivity index (χ2v) is 0.903. The van der Waals surface area contributed by atoms with E-state index in [1.807, 2.05) is 0 Å². The molecule has 0 unspecified atom stereocenters. The fourth-order valence-electron chi connectivity index (χ4n) is 0. The largest absolute Gasteiger partial charge is 0.475 e. The number of hydrogen-bond acceptors (Lipinski definition) is 3. The van der Waals surface area contributed by atoms with E-state index in [-0.39, 0.29) is 0 Å². The average Bonchev–Trinajstić information content (AvgIpc) is 1.65. The van der Waals surface area contributed by atoms with Crippen LogP contribution in [0.2, 0.25) is 0 Å². The molecular formula is C4H8N2O3. The quantitative estimate of drug-likeness (QED) is 0.269. The molecule has 0 saturated carbocycles. The smallest absolute Gasteiger partial charge is 0.321 e. The van der Waals surface area contributed by atoms with Crippen LogP contribution in [0.5, 0.6) is 0 Å². The van der Waals surface area contributed by atoms with Crippen molar-refractivity contribution in [2.24, 2.45) is 11.5 Å². The van der Waals surface area contributed by atoms with E-state index in [1.165, 1.54) is 0 Å². The Hall–Kier alpha value is -1.61. The van der Waals surface area contributed by atoms with Crippen LogP contribution < -0.4 is 11.5 Å². The maximum absolute atomic E-state index is 9.00. The number of nitrogens with two attached hydrogens (primary N) is 2. The van der Waals surface area contributed by atoms with Gasteiger partial charge in [-0.1, -0.05) is 0 Å². The van der Waals surface area contributed by atoms with Gasteiger partial charge in [-0.25, -0.2) is 4.79 Å². The molecule has 0 aliphatic carbocycles. The van der Waals surface area contributed by atoms with Gasteiger partial charge >= 0.3 is 12.0 Å². The highest BCUT2D eigenvalue weighted by Crippen LogP contribution is 1.64. The number of urea groups is 1. The predicted octanol–water partition coefficient (Wildman–Crippen LogP) is -0.247. The predicted molar refractivity (Wildman–Crippen MR) is 31.7 cm³/mol. The van der Waals surface area contributed by atoms with E-state index < -0.39 is 12.0 Å². The SMILES string of the molecule is C=C=C(O)O.NC(N)=O. The van der Waals surface area contributed by atoms with Gasteiger partial charge in [-0.2, -0.15) is 0 Å². The Balaban J connectivity index is 0. The maximum Gasteiger partial charge on any atom is 0.321 e. The summed E-state index contributed by atoms with van der Waals surface area (Å²) in [4.78, 5) is 9.00. The van der Waals surface area contributed by atoms with Gasteiger partial charge in [0, 0.05) is 0 Å². The van der Waals surface area contributed by atoms with Gasteiger partial charge in [-0.15, -0.1) is 0 Å². The summed E-state index contributed by atoms with van der Waals surface area (Å²) in [6, 6.07) is -0.833. The highest BCUT2D eigenvalue weighted by atomic mass is 16.5. The fraction of sp³-hybridized carbons (Fsp3) is 0. The first-order valence-corrected chi connectivity index (χ1v) is 1.83. The molecule has 0 rings (SSSR count). The van der Waals surface area contributed by atoms with Crippen LogP contribution in [0.1, 0.15) is 0 Å². The van der Waals surface area contributed by atoms with Crippen molar-refractivity contribution < 1.29 is 15.0 Å². The van der Waals surface area contributed by atoms with E-state index in [0.717, 1.165) is 0 Å². The molecule has 0 heterocycles. The average molecular weight is 132 g/mol. The first-order valence-electron chi connectivity index (χ1n) is 1.83. The number of rotatable bonds is 0. The van der Waals surface area contributed by atoms with E-state index >= 15 is 0 Å². The van der Waals surface area contributed by atoms with Crippen LogP contribution in [0.4, 0.5) is 4.79 Å². The molecular weight excluding hydrogens is 124 g/mol. The number of hydrogen-bond donors (Lipinski definition) is 4. The third-order valence-corrected chi connectivity index (χ3v) is 0.158. The molecule has 0 aliphatic rings. The van der Waals surface area contributed by atoms with Crippen molar-refractivity contribution in [3.8, 4) is 0 Å². The Morgan fingerprint density at radius 2 is 1.56 bits per heavy atom. The van der Waals surface area contributed by atoms with Gasteiger partial charge in [-0.05, 0) is 12.3 Å². The molecule has 52 valence electrons. The molecule has 5 nitrogen and oxygen atoms in total. The van der Waals surface area contributed by atoms with Crippen molar-refractivity contribution in [2.75, 3.05) is 0 Å². The number of amides is 2. The molecule has 0 aliphatic heterocycles. The number of aliphatic hydroxyl groups excluding tert-OH is 1. The second kappa shape index (κ2) is 6.39. The molecule has 0 spiro atoms. The number of carbonyl (C=O) groups excluding carboxylic acids is 1. The van der Waals surface area contributed by atoms with Gasteiger partial charge in [0.05, 0.1) is 0 Å². The van der Waals surface area contributed by atoms with Crippen LogP contribution in [0, 0.1) is 0 Å². The second-order valence-electron chi connectivity index (χ2n) is 0.903. The summed E-state index contributed by atoms with van der Waals surface area (Å²) in [5.41, 5.74) is 10.3. The van der Waals surface area contributed by atoms with Crippen molar-refractivity contribution in [2.45, 2.75) is 0 Å². The Bertz CT molecular complexity index is 129. The minimum atomic E-state index is -0.856. The molecule has 0 aromatic heterocycles. The highest BCUT2D eigenvalue weighted by molar-refractivity contribution is 5.69. The summed E-state index contributed by atoms with van der Waals surface area (Å²) in [5.74, 6) is -0.856. The first kappa shape index (κ1) is 10.4. The zero-order valence-corrected chi connectivity index (χ0v) is 4.66. The van der Waals surface area contributed by atoms with Gasteiger partial charge < -0.3 is 21.7 Å². The van der Waals surface area contributed by atoms with Gasteiger partial charge in [0.2, 0.25) is 0 Å². The number of aliphatic hydroxyl groups is 2. The van der Waals surface area contributed by atoms with Gasteiger partial charge in [0.1, 0.15) is 0 Å². The van der Waals surface area contributed by atoms with Gasteiger partial charge in [0.15, 0.2) is 0 Å². The summed E-state index contributed by atoms with van der Waals surface area (Å²) < 4.78 is 0. The van der Waals surface area contributed by atoms with Crippen LogP contribution in [0.25, 0.3) is 0 Å². The standard InChI is InChI=1S/C3H4O2.CH4N2O/c1-2-3(4)5;2-1(3)4/h4-5H,1H2;(H4,2,3,4). The van der Waals surface area contributed by atoms with Crippen LogP contribution in [0.15, 0.2) is 18.3 Å². The van der Waals surface area contributed by atoms with Crippen molar-refractivity contribution in [1.82, 2.24) is 0 Å². The molecule has 9 heavy (non-hydrogen) atoms. The van der Waals surface area contributed by atoms with E-state index in [0.29, 0.717) is 0 Å². The summed E-state index contributed by atoms with van der Waals surface area (Å²) >= 11 is 0. The van der Waals surface area contributed by atoms with Crippen molar-refractivity contribution in [3.63, 3.8) is 0 Å². The lowest BCUT2D eigenvalue weighted by atomic mass is 10.9. The molecule has 0 saturated heterocycles. The normalized spacial score (nSPS) is 5.78. The van der Waals surface area contributed by atoms with E-state index in [2.05, 4.69) is 18.0 Å². The van der Waals surface area contributed by atoms with Crippen LogP contribution in [-0.4, -0.2) is 16.2 Å². The summed E-state index contributed by atoms with van der Waals surface area (Å²) in [5, 5.41) is 15.3. The first-order chi connectivity index (χ1) is 4.00. The lowest BCUT2D eigenvalue weighted by Crippen LogP contribution is -2.18. The van der Waals surface area contributed by atoms with Crippen molar-refractivity contribution in [3.05, 3.63) is 18.3 Å². The Labute approximate surface area is 51.9 Å². The third kappa shape index (κ3) is 810. The van der Waals surface area contributed by atoms with Gasteiger partial charge in [-0.3, -0.25) is 0 Å². The molecule has 0 radical (unpaired) electrons. The lowest BCUT2D eigenvalue weighted by Gasteiger charge is -1.69. The molecule has 0 aromatic rings. The maximum atomic E-state index is 9.00. The summed E-state index contributed by atoms with van der Waals surface area (Å²) in [7, 11) is 0. The van der Waals surface area contributed by atoms with Crippen LogP contribution in [0.3, 0.4) is 0 Å². The van der Waals surface area contributed by atoms with Crippen LogP contribution >= 0.6 is 0 Å². The number of primary amides is 2. The summed E-state index contributed by atoms with van der Waals surface area (Å²) in [6.07, 6.45) is 0. The molecule has 2 amide bonds. The molecule has 6 N–H and O–H groups in total. The third-order valence-electron chi connectivity index (χ3n) is 0.158. The molecule has 5 heteroatoms. The molecule has 0 bridgehead atoms. The number of carbonyl (C=O) groups is 1. The molecule has 0 fully saturated rings. The minimum Gasteiger partial charge on any atom is -0.475 e. The van der Waals surface area contributed by atoms with Crippen molar-refractivity contribution >= 4 is 6.03 Å². The molecule has 0 atom stereocenters. The summed E-state index contributed by atoms with van der Waals surface area (Å²) in [6.45, 7) is 2.90. The Morgan fingerprint density at radius 3 is 1.56 bits per heavy atom.